The van der Waals surface area contributed by atoms with E-state index in [1.54, 1.807) is 18.1 Å². The van der Waals surface area contributed by atoms with Gasteiger partial charge in [0.2, 0.25) is 0 Å². The van der Waals surface area contributed by atoms with Crippen molar-refractivity contribution in [3.63, 3.8) is 0 Å². The highest BCUT2D eigenvalue weighted by atomic mass is 32.1. The molecule has 7 nitrogen and oxygen atoms in total. The number of rotatable bonds is 9. The summed E-state index contributed by atoms with van der Waals surface area (Å²) in [5.41, 5.74) is 0. The third kappa shape index (κ3) is 5.10. The predicted octanol–water partition coefficient (Wildman–Crippen LogP) is 1.15. The van der Waals surface area contributed by atoms with E-state index in [2.05, 4.69) is 17.2 Å². The van der Waals surface area contributed by atoms with Crippen molar-refractivity contribution in [2.75, 3.05) is 26.8 Å². The first-order valence-electron chi connectivity index (χ1n) is 6.30. The van der Waals surface area contributed by atoms with Gasteiger partial charge in [0.1, 0.15) is 6.33 Å². The minimum Gasteiger partial charge on any atom is -0.383 e. The number of methoxy groups -OCH3 is 1. The molecule has 1 aromatic heterocycles. The minimum atomic E-state index is 0.420. The zero-order chi connectivity index (χ0) is 14.8. The van der Waals surface area contributed by atoms with Gasteiger partial charge in [0.05, 0.1) is 25.4 Å². The Bertz CT molecular complexity index is 519. The maximum Gasteiger partial charge on any atom is 0.198 e. The fraction of sp³-hybridized carbons (Fsp3) is 0.667. The molecular weight excluding hydrogens is 276 g/mol. The van der Waals surface area contributed by atoms with Crippen molar-refractivity contribution in [1.82, 2.24) is 19.2 Å². The van der Waals surface area contributed by atoms with Crippen molar-refractivity contribution >= 4 is 12.2 Å². The largest absolute Gasteiger partial charge is 0.383 e. The molecule has 1 heterocycles. The molecule has 20 heavy (non-hydrogen) atoms. The molecule has 0 aromatic carbocycles. The molecular formula is C12H18N6OS. The minimum absolute atomic E-state index is 0.420. The lowest BCUT2D eigenvalue weighted by Crippen LogP contribution is -2.29. The van der Waals surface area contributed by atoms with E-state index in [1.165, 1.54) is 0 Å². The maximum atomic E-state index is 8.66. The van der Waals surface area contributed by atoms with Gasteiger partial charge in [-0.2, -0.15) is 15.6 Å². The van der Waals surface area contributed by atoms with Gasteiger partial charge in [-0.3, -0.25) is 4.90 Å². The Kier molecular flexibility index (Phi) is 7.51. The molecule has 0 aliphatic rings. The summed E-state index contributed by atoms with van der Waals surface area (Å²) in [6, 6.07) is 4.21. The summed E-state index contributed by atoms with van der Waals surface area (Å²) in [5.74, 6) is 0. The van der Waals surface area contributed by atoms with Crippen LogP contribution in [0.15, 0.2) is 6.33 Å². The van der Waals surface area contributed by atoms with Crippen LogP contribution < -0.4 is 0 Å². The van der Waals surface area contributed by atoms with Gasteiger partial charge in [0.25, 0.3) is 0 Å². The molecule has 1 rings (SSSR count). The Hall–Kier alpha value is -1.74. The quantitative estimate of drug-likeness (QED) is 0.635. The van der Waals surface area contributed by atoms with E-state index in [9.17, 15) is 0 Å². The monoisotopic (exact) mass is 294 g/mol. The number of hydrogen-bond donors (Lipinski definition) is 0. The van der Waals surface area contributed by atoms with Crippen LogP contribution in [0.4, 0.5) is 0 Å². The van der Waals surface area contributed by atoms with Crippen LogP contribution in [0, 0.1) is 27.4 Å². The van der Waals surface area contributed by atoms with Crippen LogP contribution in [0.25, 0.3) is 0 Å². The summed E-state index contributed by atoms with van der Waals surface area (Å²) in [5, 5.41) is 21.6. The lowest BCUT2D eigenvalue weighted by Gasteiger charge is -2.19. The zero-order valence-corrected chi connectivity index (χ0v) is 12.3. The smallest absolute Gasteiger partial charge is 0.198 e. The summed E-state index contributed by atoms with van der Waals surface area (Å²) in [6.45, 7) is 2.93. The van der Waals surface area contributed by atoms with E-state index in [-0.39, 0.29) is 0 Å². The molecule has 0 radical (unpaired) electrons. The van der Waals surface area contributed by atoms with Crippen LogP contribution in [-0.2, 0) is 18.0 Å². The van der Waals surface area contributed by atoms with Crippen molar-refractivity contribution < 1.29 is 4.74 Å². The Balaban J connectivity index is 2.68. The molecule has 0 aliphatic heterocycles. The van der Waals surface area contributed by atoms with Crippen LogP contribution in [-0.4, -0.2) is 46.1 Å². The molecule has 0 unspecified atom stereocenters. The van der Waals surface area contributed by atoms with Crippen molar-refractivity contribution in [1.29, 1.82) is 10.5 Å². The van der Waals surface area contributed by atoms with Gasteiger partial charge in [-0.25, -0.2) is 4.68 Å². The lowest BCUT2D eigenvalue weighted by molar-refractivity contribution is 0.185. The van der Waals surface area contributed by atoms with Crippen molar-refractivity contribution in [2.24, 2.45) is 0 Å². The molecule has 8 heteroatoms. The van der Waals surface area contributed by atoms with Crippen LogP contribution in [0.5, 0.6) is 0 Å². The highest BCUT2D eigenvalue weighted by Crippen LogP contribution is 2.00. The molecule has 0 saturated carbocycles. The van der Waals surface area contributed by atoms with Crippen molar-refractivity contribution in [3.8, 4) is 12.1 Å². The molecule has 0 fully saturated rings. The van der Waals surface area contributed by atoms with E-state index in [1.807, 2.05) is 9.47 Å². The van der Waals surface area contributed by atoms with Gasteiger partial charge < -0.3 is 9.30 Å². The fourth-order valence-corrected chi connectivity index (χ4v) is 1.91. The first-order valence-corrected chi connectivity index (χ1v) is 6.71. The number of aromatic nitrogens is 3. The SMILES string of the molecule is COCCn1cnn(CN(CCC#N)CCC#N)c1=S. The topological polar surface area (TPSA) is 82.8 Å². The Morgan fingerprint density at radius 2 is 2.00 bits per heavy atom. The number of nitrogens with zero attached hydrogens (tertiary/aromatic N) is 6. The summed E-state index contributed by atoms with van der Waals surface area (Å²) in [4.78, 5) is 2.00. The first-order chi connectivity index (χ1) is 9.72. The first kappa shape index (κ1) is 16.3. The molecule has 0 spiro atoms. The maximum absolute atomic E-state index is 8.66. The van der Waals surface area contributed by atoms with Gasteiger partial charge in [0, 0.05) is 39.6 Å². The second-order valence-corrected chi connectivity index (χ2v) is 4.54. The second-order valence-electron chi connectivity index (χ2n) is 4.17. The average Bonchev–Trinajstić information content (AvgIpc) is 2.80. The van der Waals surface area contributed by atoms with Crippen LogP contribution in [0.2, 0.25) is 0 Å². The Labute approximate surface area is 123 Å². The van der Waals surface area contributed by atoms with Gasteiger partial charge >= 0.3 is 0 Å². The van der Waals surface area contributed by atoms with Crippen LogP contribution in [0.1, 0.15) is 12.8 Å². The average molecular weight is 294 g/mol. The molecule has 108 valence electrons. The molecule has 0 bridgehead atoms. The summed E-state index contributed by atoms with van der Waals surface area (Å²) >= 11 is 5.33. The third-order valence-electron chi connectivity index (χ3n) is 2.75. The van der Waals surface area contributed by atoms with E-state index in [0.717, 1.165) is 0 Å². The fourth-order valence-electron chi connectivity index (χ4n) is 1.67. The summed E-state index contributed by atoms with van der Waals surface area (Å²) < 4.78 is 9.16. The van der Waals surface area contributed by atoms with Crippen molar-refractivity contribution in [3.05, 3.63) is 11.1 Å². The van der Waals surface area contributed by atoms with E-state index >= 15 is 0 Å². The number of hydrogen-bond acceptors (Lipinski definition) is 6. The molecule has 0 atom stereocenters. The van der Waals surface area contributed by atoms with Crippen LogP contribution in [0.3, 0.4) is 0 Å². The highest BCUT2D eigenvalue weighted by molar-refractivity contribution is 7.71. The normalized spacial score (nSPS) is 10.4. The molecule has 0 amide bonds. The highest BCUT2D eigenvalue weighted by Gasteiger charge is 2.08. The number of nitriles is 2. The predicted molar refractivity (Wildman–Crippen MR) is 75.0 cm³/mol. The molecule has 0 aliphatic carbocycles. The van der Waals surface area contributed by atoms with E-state index in [4.69, 9.17) is 27.5 Å². The number of ether oxygens (including phenoxy) is 1. The van der Waals surface area contributed by atoms with Gasteiger partial charge in [-0.05, 0) is 12.2 Å². The van der Waals surface area contributed by atoms with E-state index < -0.39 is 0 Å². The standard InChI is InChI=1S/C12H18N6OS/c1-19-9-8-17-10-15-18(12(17)20)11-16(6-2-4-13)7-3-5-14/h10H,2-3,6-9,11H2,1H3. The molecule has 0 N–H and O–H groups in total. The third-order valence-corrected chi connectivity index (χ3v) is 3.19. The summed E-state index contributed by atoms with van der Waals surface area (Å²) in [6.07, 6.45) is 2.51. The second kappa shape index (κ2) is 9.21. The molecule has 0 saturated heterocycles. The summed E-state index contributed by atoms with van der Waals surface area (Å²) in [7, 11) is 1.64. The Morgan fingerprint density at radius 1 is 1.35 bits per heavy atom. The molecule has 1 aromatic rings. The zero-order valence-electron chi connectivity index (χ0n) is 11.5. The van der Waals surface area contributed by atoms with Gasteiger partial charge in [-0.15, -0.1) is 0 Å². The van der Waals surface area contributed by atoms with Crippen molar-refractivity contribution in [2.45, 2.75) is 26.1 Å². The van der Waals surface area contributed by atoms with Gasteiger partial charge in [-0.1, -0.05) is 0 Å². The van der Waals surface area contributed by atoms with E-state index in [0.29, 0.717) is 50.5 Å². The van der Waals surface area contributed by atoms with Gasteiger partial charge in [0.15, 0.2) is 4.77 Å². The Morgan fingerprint density at radius 3 is 2.55 bits per heavy atom. The van der Waals surface area contributed by atoms with Crippen LogP contribution >= 0.6 is 12.2 Å². The lowest BCUT2D eigenvalue weighted by atomic mass is 10.3.